The molecule has 1 aromatic heterocycles. The number of benzene rings is 2. The Bertz CT molecular complexity index is 757. The fourth-order valence-corrected chi connectivity index (χ4v) is 2.35. The molecule has 0 saturated heterocycles. The molecule has 0 aliphatic heterocycles. The van der Waals surface area contributed by atoms with E-state index in [0.717, 1.165) is 18.0 Å². The molecule has 0 aliphatic carbocycles. The summed E-state index contributed by atoms with van der Waals surface area (Å²) in [6.45, 7) is 5.09. The number of aromatic nitrogens is 1. The molecule has 0 atom stereocenters. The Balaban J connectivity index is 0.000000282. The fraction of sp³-hybridized carbons (Fsp3) is 0.214. The van der Waals surface area contributed by atoms with Crippen LogP contribution in [0.2, 0.25) is 0 Å². The van der Waals surface area contributed by atoms with E-state index >= 15 is 0 Å². The number of oxazole rings is 1. The molecule has 2 aromatic carbocycles. The third kappa shape index (κ3) is 3.69. The maximum Gasteiger partial charge on any atom is 0.344 e. The van der Waals surface area contributed by atoms with Crippen molar-refractivity contribution in [1.29, 1.82) is 0 Å². The molecular weight excluding hydrogens is 298 g/mol. The largest absolute Gasteiger partial charge is 0.402 e. The second kappa shape index (κ2) is 5.97. The lowest BCUT2D eigenvalue weighted by Gasteiger charge is -2.03. The molecule has 21 heavy (non-hydrogen) atoms. The first kappa shape index (κ1) is 15.7. The summed E-state index contributed by atoms with van der Waals surface area (Å²) in [5.74, 6) is 0.967. The molecule has 7 heteroatoms. The smallest absolute Gasteiger partial charge is 0.344 e. The molecule has 0 unspecified atom stereocenters. The van der Waals surface area contributed by atoms with E-state index in [2.05, 4.69) is 47.9 Å². The number of nitrogens with zero attached hydrogens (tertiary/aromatic N) is 1. The van der Waals surface area contributed by atoms with E-state index < -0.39 is 10.2 Å². The van der Waals surface area contributed by atoms with Gasteiger partial charge in [-0.25, -0.2) is 0 Å². The zero-order chi connectivity index (χ0) is 15.6. The summed E-state index contributed by atoms with van der Waals surface area (Å²) in [5.41, 5.74) is 2.18. The SMILES string of the molecule is CC[n+]1c(C)oc2ccc3ccccc3c21.[O-][Cl+3]([O-])([O-])O. The Labute approximate surface area is 123 Å². The van der Waals surface area contributed by atoms with Crippen molar-refractivity contribution in [3.63, 3.8) is 0 Å². The minimum atomic E-state index is -4.69. The molecule has 1 heterocycles. The van der Waals surface area contributed by atoms with E-state index in [9.17, 15) is 0 Å². The summed E-state index contributed by atoms with van der Waals surface area (Å²) < 4.78 is 40.7. The number of rotatable bonds is 1. The molecule has 1 N–H and O–H groups in total. The molecular formula is C14H15ClNO5+. The van der Waals surface area contributed by atoms with Crippen LogP contribution in [-0.2, 0) is 6.54 Å². The van der Waals surface area contributed by atoms with Crippen molar-refractivity contribution in [2.45, 2.75) is 20.4 Å². The summed E-state index contributed by atoms with van der Waals surface area (Å²) in [7, 11) is -4.69. The van der Waals surface area contributed by atoms with Gasteiger partial charge in [0.15, 0.2) is 0 Å². The number of hydrogen-bond donors (Lipinski definition) is 1. The van der Waals surface area contributed by atoms with Crippen LogP contribution in [0.3, 0.4) is 0 Å². The van der Waals surface area contributed by atoms with Gasteiger partial charge in [-0.05, 0) is 24.4 Å². The Morgan fingerprint density at radius 3 is 2.38 bits per heavy atom. The van der Waals surface area contributed by atoms with E-state index in [4.69, 9.17) is 23.1 Å². The number of aryl methyl sites for hydroxylation is 2. The van der Waals surface area contributed by atoms with Crippen LogP contribution in [0.4, 0.5) is 0 Å². The van der Waals surface area contributed by atoms with Gasteiger partial charge >= 0.3 is 5.89 Å². The predicted octanol–water partition coefficient (Wildman–Crippen LogP) is -0.922. The van der Waals surface area contributed by atoms with Gasteiger partial charge in [0.2, 0.25) is 5.58 Å². The Morgan fingerprint density at radius 2 is 1.76 bits per heavy atom. The zero-order valence-electron chi connectivity index (χ0n) is 11.6. The highest BCUT2D eigenvalue weighted by Gasteiger charge is 2.19. The minimum absolute atomic E-state index is 0.937. The summed E-state index contributed by atoms with van der Waals surface area (Å²) in [5, 5.41) is 2.52. The van der Waals surface area contributed by atoms with E-state index in [1.807, 2.05) is 6.92 Å². The normalized spacial score (nSPS) is 11.5. The van der Waals surface area contributed by atoms with Gasteiger partial charge in [-0.3, -0.25) is 0 Å². The highest BCUT2D eigenvalue weighted by molar-refractivity contribution is 6.01. The van der Waals surface area contributed by atoms with Crippen molar-refractivity contribution in [2.75, 3.05) is 0 Å². The maximum absolute atomic E-state index is 8.60. The Kier molecular flexibility index (Phi) is 4.46. The summed E-state index contributed by atoms with van der Waals surface area (Å²) in [6, 6.07) is 12.6. The average Bonchev–Trinajstić information content (AvgIpc) is 2.72. The van der Waals surface area contributed by atoms with Gasteiger partial charge in [0, 0.05) is 0 Å². The van der Waals surface area contributed by atoms with Crippen LogP contribution >= 0.6 is 0 Å². The van der Waals surface area contributed by atoms with E-state index in [1.165, 1.54) is 16.3 Å². The highest BCUT2D eigenvalue weighted by atomic mass is 35.7. The van der Waals surface area contributed by atoms with Gasteiger partial charge in [0.05, 0.1) is 27.2 Å². The van der Waals surface area contributed by atoms with Crippen LogP contribution in [0.1, 0.15) is 12.8 Å². The first-order chi connectivity index (χ1) is 9.81. The topological polar surface area (TPSA) is 106 Å². The molecule has 3 rings (SSSR count). The van der Waals surface area contributed by atoms with E-state index in [-0.39, 0.29) is 0 Å². The minimum Gasteiger partial charge on any atom is -0.402 e. The number of hydrogen-bond acceptors (Lipinski definition) is 5. The third-order valence-corrected chi connectivity index (χ3v) is 3.09. The Hall–Kier alpha value is -1.70. The van der Waals surface area contributed by atoms with Gasteiger partial charge in [-0.2, -0.15) is 18.5 Å². The molecule has 0 fully saturated rings. The molecule has 3 aromatic rings. The second-order valence-corrected chi connectivity index (χ2v) is 5.19. The molecule has 0 bridgehead atoms. The summed E-state index contributed by atoms with van der Waals surface area (Å²) in [6.07, 6.45) is 0. The van der Waals surface area contributed by atoms with Gasteiger partial charge in [0.1, 0.15) is 6.54 Å². The second-order valence-electron chi connectivity index (χ2n) is 4.39. The first-order valence-corrected chi connectivity index (χ1v) is 7.51. The monoisotopic (exact) mass is 312 g/mol. The predicted molar refractivity (Wildman–Crippen MR) is 66.5 cm³/mol. The van der Waals surface area contributed by atoms with Gasteiger partial charge in [-0.1, -0.05) is 24.3 Å². The van der Waals surface area contributed by atoms with Crippen LogP contribution in [0, 0.1) is 17.2 Å². The van der Waals surface area contributed by atoms with Gasteiger partial charge in [0.25, 0.3) is 5.52 Å². The zero-order valence-corrected chi connectivity index (χ0v) is 12.3. The van der Waals surface area contributed by atoms with Crippen LogP contribution in [0.25, 0.3) is 21.9 Å². The van der Waals surface area contributed by atoms with Crippen LogP contribution in [0.15, 0.2) is 40.8 Å². The average molecular weight is 313 g/mol. The van der Waals surface area contributed by atoms with Crippen molar-refractivity contribution in [3.8, 4) is 0 Å². The van der Waals surface area contributed by atoms with E-state index in [1.54, 1.807) is 0 Å². The number of fused-ring (bicyclic) bond motifs is 3. The van der Waals surface area contributed by atoms with Gasteiger partial charge in [-0.15, -0.1) is 0 Å². The molecule has 0 spiro atoms. The molecule has 6 nitrogen and oxygen atoms in total. The van der Waals surface area contributed by atoms with Crippen LogP contribution in [0.5, 0.6) is 0 Å². The molecule has 0 aliphatic rings. The number of halogens is 1. The third-order valence-electron chi connectivity index (χ3n) is 3.09. The van der Waals surface area contributed by atoms with E-state index in [0.29, 0.717) is 0 Å². The van der Waals surface area contributed by atoms with Crippen LogP contribution < -0.4 is 18.5 Å². The Morgan fingerprint density at radius 1 is 1.14 bits per heavy atom. The first-order valence-electron chi connectivity index (χ1n) is 6.25. The van der Waals surface area contributed by atoms with Crippen molar-refractivity contribution < 1.29 is 37.9 Å². The van der Waals surface area contributed by atoms with Crippen molar-refractivity contribution in [1.82, 2.24) is 0 Å². The van der Waals surface area contributed by atoms with Crippen molar-refractivity contribution >= 4 is 21.9 Å². The lowest BCUT2D eigenvalue weighted by atomic mass is 10.1. The maximum atomic E-state index is 8.60. The quantitative estimate of drug-likeness (QED) is 0.585. The molecule has 0 amide bonds. The molecule has 0 radical (unpaired) electrons. The van der Waals surface area contributed by atoms with Crippen molar-refractivity contribution in [3.05, 3.63) is 42.3 Å². The van der Waals surface area contributed by atoms with Crippen LogP contribution in [-0.4, -0.2) is 4.66 Å². The summed E-state index contributed by atoms with van der Waals surface area (Å²) >= 11 is 0. The van der Waals surface area contributed by atoms with Crippen molar-refractivity contribution in [2.24, 2.45) is 0 Å². The standard InChI is InChI=1S/C14H14NO.ClHO4/c1-3-15-10(2)16-13-9-8-11-6-4-5-7-12(11)14(13)15;2-1(3,4)5/h4-9H,3H2,1-2H3;(H,2,3,4,5)/q+1;. The highest BCUT2D eigenvalue weighted by Crippen LogP contribution is 2.24. The lowest BCUT2D eigenvalue weighted by Crippen LogP contribution is -2.58. The summed E-state index contributed by atoms with van der Waals surface area (Å²) in [4.78, 5) is 0. The lowest BCUT2D eigenvalue weighted by molar-refractivity contribution is -1.92. The molecule has 112 valence electrons. The molecule has 0 saturated carbocycles. The fourth-order valence-electron chi connectivity index (χ4n) is 2.35. The van der Waals surface area contributed by atoms with Gasteiger partial charge < -0.3 is 4.42 Å².